The molecule has 0 heterocycles. The van der Waals surface area contributed by atoms with Gasteiger partial charge in [-0.15, -0.1) is 6.58 Å². The smallest absolute Gasteiger partial charge is 0.338 e. The molecule has 5 nitrogen and oxygen atoms in total. The van der Waals surface area contributed by atoms with E-state index >= 15 is 0 Å². The van der Waals surface area contributed by atoms with Gasteiger partial charge in [0.2, 0.25) is 0 Å². The van der Waals surface area contributed by atoms with Gasteiger partial charge in [0, 0.05) is 6.42 Å². The van der Waals surface area contributed by atoms with Gasteiger partial charge in [0.25, 0.3) is 0 Å². The molecule has 0 aliphatic heterocycles. The Morgan fingerprint density at radius 1 is 1.43 bits per heavy atom. The number of ether oxygens (including phenoxy) is 1. The van der Waals surface area contributed by atoms with Crippen LogP contribution in [0.3, 0.4) is 0 Å². The number of rotatable bonds is 5. The van der Waals surface area contributed by atoms with Crippen molar-refractivity contribution in [2.45, 2.75) is 25.4 Å². The Balaban J connectivity index is 4.74. The number of carboxylic acids is 1. The lowest BCUT2D eigenvalue weighted by Crippen LogP contribution is -2.41. The largest absolute Gasteiger partial charge is 0.481 e. The number of hydrogen-bond donors (Lipinski definition) is 2. The van der Waals surface area contributed by atoms with Crippen LogP contribution in [-0.2, 0) is 14.3 Å². The molecule has 0 aromatic rings. The Morgan fingerprint density at radius 2 is 1.93 bits per heavy atom. The molecule has 0 rings (SSSR count). The van der Waals surface area contributed by atoms with Gasteiger partial charge in [-0.25, -0.2) is 4.79 Å². The molecule has 2 N–H and O–H groups in total. The highest BCUT2D eigenvalue weighted by Crippen LogP contribution is 2.21. The molecule has 0 aromatic heterocycles. The van der Waals surface area contributed by atoms with Crippen molar-refractivity contribution >= 4 is 11.9 Å². The number of carbonyl (C=O) groups is 2. The lowest BCUT2D eigenvalue weighted by atomic mass is 9.92. The maximum Gasteiger partial charge on any atom is 0.338 e. The third-order valence-electron chi connectivity index (χ3n) is 1.60. The number of carbonyl (C=O) groups excluding carboxylic acids is 1. The predicted octanol–water partition coefficient (Wildman–Crippen LogP) is 0.331. The molecule has 0 aliphatic rings. The van der Waals surface area contributed by atoms with Crippen molar-refractivity contribution in [3.05, 3.63) is 12.2 Å². The summed E-state index contributed by atoms with van der Waals surface area (Å²) in [6.45, 7) is 5.10. The highest BCUT2D eigenvalue weighted by molar-refractivity contribution is 5.85. The summed E-state index contributed by atoms with van der Waals surface area (Å²) >= 11 is 0. The van der Waals surface area contributed by atoms with E-state index in [0.29, 0.717) is 5.57 Å². The summed E-state index contributed by atoms with van der Waals surface area (Å²) in [5.41, 5.74) is -1.49. The number of esters is 1. The van der Waals surface area contributed by atoms with Crippen LogP contribution in [0.1, 0.15) is 19.8 Å². The van der Waals surface area contributed by atoms with Crippen LogP contribution in [0.15, 0.2) is 12.2 Å². The number of aliphatic hydroxyl groups is 1. The van der Waals surface area contributed by atoms with Crippen molar-refractivity contribution in [2.24, 2.45) is 0 Å². The van der Waals surface area contributed by atoms with E-state index in [4.69, 9.17) is 5.11 Å². The fourth-order valence-corrected chi connectivity index (χ4v) is 1.15. The Morgan fingerprint density at radius 3 is 2.21 bits per heavy atom. The van der Waals surface area contributed by atoms with Gasteiger partial charge in [0.1, 0.15) is 0 Å². The lowest BCUT2D eigenvalue weighted by molar-refractivity contribution is -0.168. The highest BCUT2D eigenvalue weighted by atomic mass is 16.5. The monoisotopic (exact) mass is 202 g/mol. The second-order valence-electron chi connectivity index (χ2n) is 3.23. The Bertz CT molecular complexity index is 240. The van der Waals surface area contributed by atoms with Crippen molar-refractivity contribution < 1.29 is 24.5 Å². The summed E-state index contributed by atoms with van der Waals surface area (Å²) in [5, 5.41) is 18.2. The Labute approximate surface area is 82.0 Å². The minimum Gasteiger partial charge on any atom is -0.481 e. The van der Waals surface area contributed by atoms with Crippen molar-refractivity contribution in [2.75, 3.05) is 7.11 Å². The normalized spacial score (nSPS) is 14.2. The van der Waals surface area contributed by atoms with Crippen LogP contribution in [-0.4, -0.2) is 34.9 Å². The summed E-state index contributed by atoms with van der Waals surface area (Å²) in [5.74, 6) is -2.22. The van der Waals surface area contributed by atoms with Gasteiger partial charge >= 0.3 is 11.9 Å². The molecule has 0 amide bonds. The van der Waals surface area contributed by atoms with Crippen LogP contribution in [0.4, 0.5) is 0 Å². The molecular weight excluding hydrogens is 188 g/mol. The summed E-state index contributed by atoms with van der Waals surface area (Å²) in [6, 6.07) is 0. The molecule has 0 radical (unpaired) electrons. The molecule has 1 atom stereocenters. The minimum absolute atomic E-state index is 0.119. The van der Waals surface area contributed by atoms with Crippen molar-refractivity contribution in [3.8, 4) is 0 Å². The standard InChI is InChI=1S/C9H14O5/c1-6(2)4-9(13,5-7(10)11)8(12)14-3/h13H,1,4-5H2,2-3H3,(H,10,11). The van der Waals surface area contributed by atoms with Gasteiger partial charge in [-0.05, 0) is 6.92 Å². The average molecular weight is 202 g/mol. The van der Waals surface area contributed by atoms with Crippen molar-refractivity contribution in [1.82, 2.24) is 0 Å². The van der Waals surface area contributed by atoms with Crippen LogP contribution < -0.4 is 0 Å². The first-order valence-corrected chi connectivity index (χ1v) is 3.99. The van der Waals surface area contributed by atoms with Gasteiger partial charge in [-0.2, -0.15) is 0 Å². The fraction of sp³-hybridized carbons (Fsp3) is 0.556. The van der Waals surface area contributed by atoms with Gasteiger partial charge in [0.05, 0.1) is 13.5 Å². The zero-order chi connectivity index (χ0) is 11.4. The van der Waals surface area contributed by atoms with E-state index < -0.39 is 24.0 Å². The van der Waals surface area contributed by atoms with E-state index in [1.807, 2.05) is 0 Å². The van der Waals surface area contributed by atoms with Gasteiger partial charge in [-0.3, -0.25) is 4.79 Å². The molecule has 0 aromatic carbocycles. The zero-order valence-corrected chi connectivity index (χ0v) is 8.24. The maximum atomic E-state index is 11.1. The molecule has 0 bridgehead atoms. The van der Waals surface area contributed by atoms with Crippen LogP contribution in [0, 0.1) is 0 Å². The zero-order valence-electron chi connectivity index (χ0n) is 8.24. The van der Waals surface area contributed by atoms with Crippen LogP contribution >= 0.6 is 0 Å². The average Bonchev–Trinajstić information content (AvgIpc) is 1.99. The third kappa shape index (κ3) is 3.57. The lowest BCUT2D eigenvalue weighted by Gasteiger charge is -2.23. The molecular formula is C9H14O5. The third-order valence-corrected chi connectivity index (χ3v) is 1.60. The van der Waals surface area contributed by atoms with Gasteiger partial charge in [-0.1, -0.05) is 5.57 Å². The van der Waals surface area contributed by atoms with Crippen molar-refractivity contribution in [3.63, 3.8) is 0 Å². The second-order valence-corrected chi connectivity index (χ2v) is 3.23. The Hall–Kier alpha value is -1.36. The SMILES string of the molecule is C=C(C)CC(O)(CC(=O)O)C(=O)OC. The van der Waals surface area contributed by atoms with E-state index in [0.717, 1.165) is 7.11 Å². The van der Waals surface area contributed by atoms with Gasteiger partial charge in [0.15, 0.2) is 5.60 Å². The summed E-state index contributed by atoms with van der Waals surface area (Å²) in [6.07, 6.45) is -0.807. The quantitative estimate of drug-likeness (QED) is 0.496. The first-order chi connectivity index (χ1) is 6.31. The molecule has 0 aliphatic carbocycles. The molecule has 0 saturated heterocycles. The van der Waals surface area contributed by atoms with Crippen molar-refractivity contribution in [1.29, 1.82) is 0 Å². The van der Waals surface area contributed by atoms with Crippen LogP contribution in [0.5, 0.6) is 0 Å². The van der Waals surface area contributed by atoms with Crippen LogP contribution in [0.25, 0.3) is 0 Å². The maximum absolute atomic E-state index is 11.1. The first kappa shape index (κ1) is 12.6. The van der Waals surface area contributed by atoms with E-state index in [2.05, 4.69) is 11.3 Å². The van der Waals surface area contributed by atoms with E-state index in [1.165, 1.54) is 0 Å². The number of methoxy groups -OCH3 is 1. The first-order valence-electron chi connectivity index (χ1n) is 3.99. The number of hydrogen-bond acceptors (Lipinski definition) is 4. The summed E-state index contributed by atoms with van der Waals surface area (Å²) in [7, 11) is 1.09. The minimum atomic E-state index is -2.01. The molecule has 1 unspecified atom stereocenters. The number of aliphatic carboxylic acids is 1. The molecule has 14 heavy (non-hydrogen) atoms. The van der Waals surface area contributed by atoms with Gasteiger partial charge < -0.3 is 14.9 Å². The number of carboxylic acid groups (broad SMARTS) is 1. The second kappa shape index (κ2) is 4.76. The van der Waals surface area contributed by atoms with E-state index in [1.54, 1.807) is 6.92 Å². The molecule has 0 saturated carbocycles. The fourth-order valence-electron chi connectivity index (χ4n) is 1.15. The van der Waals surface area contributed by atoms with E-state index in [9.17, 15) is 14.7 Å². The summed E-state index contributed by atoms with van der Waals surface area (Å²) < 4.78 is 4.32. The topological polar surface area (TPSA) is 83.8 Å². The Kier molecular flexibility index (Phi) is 4.30. The van der Waals surface area contributed by atoms with E-state index in [-0.39, 0.29) is 6.42 Å². The predicted molar refractivity (Wildman–Crippen MR) is 48.6 cm³/mol. The highest BCUT2D eigenvalue weighted by Gasteiger charge is 2.39. The molecule has 5 heteroatoms. The summed E-state index contributed by atoms with van der Waals surface area (Å²) in [4.78, 5) is 21.5. The molecule has 0 spiro atoms. The molecule has 80 valence electrons. The van der Waals surface area contributed by atoms with Crippen LogP contribution in [0.2, 0.25) is 0 Å². The molecule has 0 fully saturated rings.